The molecule has 2 rings (SSSR count). The summed E-state index contributed by atoms with van der Waals surface area (Å²) in [7, 11) is 0. The van der Waals surface area contributed by atoms with Gasteiger partial charge >= 0.3 is 0 Å². The SMILES string of the molecule is CCO[C@H]1CCCN([C@H](C(N)=O)c2ccc(Br)cc2)C1. The van der Waals surface area contributed by atoms with Crippen molar-refractivity contribution in [3.8, 4) is 0 Å². The number of carbonyl (C=O) groups is 1. The largest absolute Gasteiger partial charge is 0.377 e. The molecule has 1 aromatic carbocycles. The van der Waals surface area contributed by atoms with E-state index < -0.39 is 0 Å². The standard InChI is InChI=1S/C15H21BrN2O2/c1-2-20-13-4-3-9-18(10-13)14(15(17)19)11-5-7-12(16)8-6-11/h5-8,13-14H,2-4,9-10H2,1H3,(H2,17,19)/t13-,14-/m0/s1. The first-order chi connectivity index (χ1) is 9.61. The van der Waals surface area contributed by atoms with Gasteiger partial charge in [0.2, 0.25) is 5.91 Å². The first-order valence-corrected chi connectivity index (χ1v) is 7.81. The van der Waals surface area contributed by atoms with Crippen molar-refractivity contribution in [2.24, 2.45) is 5.73 Å². The van der Waals surface area contributed by atoms with Crippen LogP contribution in [0.5, 0.6) is 0 Å². The molecule has 5 heteroatoms. The maximum Gasteiger partial charge on any atom is 0.239 e. The molecule has 1 saturated heterocycles. The highest BCUT2D eigenvalue weighted by Gasteiger charge is 2.30. The minimum Gasteiger partial charge on any atom is -0.377 e. The van der Waals surface area contributed by atoms with E-state index in [9.17, 15) is 4.79 Å². The number of amides is 1. The number of likely N-dealkylation sites (tertiary alicyclic amines) is 1. The zero-order chi connectivity index (χ0) is 14.5. The van der Waals surface area contributed by atoms with E-state index in [4.69, 9.17) is 10.5 Å². The molecule has 1 aliphatic heterocycles. The van der Waals surface area contributed by atoms with E-state index in [1.54, 1.807) is 0 Å². The van der Waals surface area contributed by atoms with Crippen molar-refractivity contribution in [1.29, 1.82) is 0 Å². The average Bonchev–Trinajstić information content (AvgIpc) is 2.42. The molecule has 2 N–H and O–H groups in total. The van der Waals surface area contributed by atoms with E-state index in [1.807, 2.05) is 31.2 Å². The maximum atomic E-state index is 11.9. The van der Waals surface area contributed by atoms with Gasteiger partial charge in [0.25, 0.3) is 0 Å². The number of piperidine rings is 1. The van der Waals surface area contributed by atoms with Crippen LogP contribution in [0.2, 0.25) is 0 Å². The number of ether oxygens (including phenoxy) is 1. The van der Waals surface area contributed by atoms with Gasteiger partial charge in [0.05, 0.1) is 6.10 Å². The van der Waals surface area contributed by atoms with Crippen LogP contribution < -0.4 is 5.73 Å². The molecule has 4 nitrogen and oxygen atoms in total. The minimum atomic E-state index is -0.369. The summed E-state index contributed by atoms with van der Waals surface area (Å²) in [5.74, 6) is -0.301. The Labute approximate surface area is 128 Å². The quantitative estimate of drug-likeness (QED) is 0.895. The number of carbonyl (C=O) groups excluding carboxylic acids is 1. The van der Waals surface area contributed by atoms with Crippen molar-refractivity contribution in [2.75, 3.05) is 19.7 Å². The summed E-state index contributed by atoms with van der Waals surface area (Å²) in [6.07, 6.45) is 2.28. The zero-order valence-corrected chi connectivity index (χ0v) is 13.3. The van der Waals surface area contributed by atoms with Crippen LogP contribution in [0.25, 0.3) is 0 Å². The summed E-state index contributed by atoms with van der Waals surface area (Å²) in [6, 6.07) is 7.41. The highest BCUT2D eigenvalue weighted by molar-refractivity contribution is 9.10. The zero-order valence-electron chi connectivity index (χ0n) is 11.7. The molecule has 1 amide bonds. The highest BCUT2D eigenvalue weighted by Crippen LogP contribution is 2.26. The van der Waals surface area contributed by atoms with Crippen molar-refractivity contribution in [3.05, 3.63) is 34.3 Å². The number of nitrogens with two attached hydrogens (primary N) is 1. The fourth-order valence-corrected chi connectivity index (χ4v) is 3.04. The van der Waals surface area contributed by atoms with Gasteiger partial charge in [0.1, 0.15) is 6.04 Å². The van der Waals surface area contributed by atoms with Crippen LogP contribution >= 0.6 is 15.9 Å². The number of primary amides is 1. The van der Waals surface area contributed by atoms with E-state index in [1.165, 1.54) is 0 Å². The molecule has 0 spiro atoms. The van der Waals surface area contributed by atoms with Gasteiger partial charge in [0.15, 0.2) is 0 Å². The number of halogens is 1. The third kappa shape index (κ3) is 3.81. The molecule has 0 unspecified atom stereocenters. The van der Waals surface area contributed by atoms with E-state index in [0.29, 0.717) is 6.61 Å². The Balaban J connectivity index is 2.16. The first-order valence-electron chi connectivity index (χ1n) is 7.02. The second-order valence-corrected chi connectivity index (χ2v) is 5.99. The summed E-state index contributed by atoms with van der Waals surface area (Å²) in [5, 5.41) is 0. The Hall–Kier alpha value is -0.910. The Morgan fingerprint density at radius 1 is 1.50 bits per heavy atom. The smallest absolute Gasteiger partial charge is 0.239 e. The van der Waals surface area contributed by atoms with Crippen LogP contribution in [0, 0.1) is 0 Å². The fraction of sp³-hybridized carbons (Fsp3) is 0.533. The molecule has 1 fully saturated rings. The predicted molar refractivity (Wildman–Crippen MR) is 82.3 cm³/mol. The summed E-state index contributed by atoms with van der Waals surface area (Å²) >= 11 is 3.41. The van der Waals surface area contributed by atoms with Gasteiger partial charge in [-0.25, -0.2) is 0 Å². The lowest BCUT2D eigenvalue weighted by atomic mass is 10.00. The van der Waals surface area contributed by atoms with Crippen LogP contribution in [-0.4, -0.2) is 36.6 Å². The molecule has 110 valence electrons. The van der Waals surface area contributed by atoms with E-state index in [-0.39, 0.29) is 18.1 Å². The number of rotatable bonds is 5. The maximum absolute atomic E-state index is 11.9. The molecular weight excluding hydrogens is 320 g/mol. The van der Waals surface area contributed by atoms with Crippen LogP contribution in [0.4, 0.5) is 0 Å². The lowest BCUT2D eigenvalue weighted by Crippen LogP contribution is -2.46. The van der Waals surface area contributed by atoms with Gasteiger partial charge < -0.3 is 10.5 Å². The van der Waals surface area contributed by atoms with Gasteiger partial charge in [-0.15, -0.1) is 0 Å². The van der Waals surface area contributed by atoms with Crippen molar-refractivity contribution < 1.29 is 9.53 Å². The molecule has 1 aromatic rings. The van der Waals surface area contributed by atoms with Crippen LogP contribution in [0.1, 0.15) is 31.4 Å². The Morgan fingerprint density at radius 2 is 2.20 bits per heavy atom. The molecule has 1 heterocycles. The van der Waals surface area contributed by atoms with Crippen molar-refractivity contribution in [2.45, 2.75) is 31.9 Å². The van der Waals surface area contributed by atoms with Crippen molar-refractivity contribution >= 4 is 21.8 Å². The molecule has 0 aliphatic carbocycles. The van der Waals surface area contributed by atoms with E-state index in [0.717, 1.165) is 36.0 Å². The van der Waals surface area contributed by atoms with Crippen molar-refractivity contribution in [1.82, 2.24) is 4.90 Å². The van der Waals surface area contributed by atoms with Gasteiger partial charge in [0, 0.05) is 17.6 Å². The van der Waals surface area contributed by atoms with Crippen LogP contribution in [0.15, 0.2) is 28.7 Å². The van der Waals surface area contributed by atoms with Crippen molar-refractivity contribution in [3.63, 3.8) is 0 Å². The normalized spacial score (nSPS) is 21.6. The summed E-state index contributed by atoms with van der Waals surface area (Å²) < 4.78 is 6.69. The summed E-state index contributed by atoms with van der Waals surface area (Å²) in [5.41, 5.74) is 6.57. The van der Waals surface area contributed by atoms with E-state index >= 15 is 0 Å². The third-order valence-electron chi connectivity index (χ3n) is 3.63. The summed E-state index contributed by atoms with van der Waals surface area (Å²) in [4.78, 5) is 14.0. The number of benzene rings is 1. The van der Waals surface area contributed by atoms with E-state index in [2.05, 4.69) is 20.8 Å². The number of hydrogen-bond acceptors (Lipinski definition) is 3. The van der Waals surface area contributed by atoms with Gasteiger partial charge in [-0.1, -0.05) is 28.1 Å². The molecule has 0 saturated carbocycles. The first kappa shape index (κ1) is 15.5. The van der Waals surface area contributed by atoms with Gasteiger partial charge in [-0.05, 0) is 44.0 Å². The Bertz CT molecular complexity index is 448. The van der Waals surface area contributed by atoms with Gasteiger partial charge in [-0.3, -0.25) is 9.69 Å². The Morgan fingerprint density at radius 3 is 2.80 bits per heavy atom. The number of nitrogens with zero attached hydrogens (tertiary/aromatic N) is 1. The fourth-order valence-electron chi connectivity index (χ4n) is 2.77. The lowest BCUT2D eigenvalue weighted by molar-refractivity contribution is -0.125. The highest BCUT2D eigenvalue weighted by atomic mass is 79.9. The molecule has 0 aromatic heterocycles. The molecule has 0 bridgehead atoms. The lowest BCUT2D eigenvalue weighted by Gasteiger charge is -2.36. The molecule has 1 aliphatic rings. The van der Waals surface area contributed by atoms with Gasteiger partial charge in [-0.2, -0.15) is 0 Å². The summed E-state index contributed by atoms with van der Waals surface area (Å²) in [6.45, 7) is 4.35. The van der Waals surface area contributed by atoms with Crippen LogP contribution in [-0.2, 0) is 9.53 Å². The molecule has 20 heavy (non-hydrogen) atoms. The molecule has 2 atom stereocenters. The van der Waals surface area contributed by atoms with Crippen LogP contribution in [0.3, 0.4) is 0 Å². The molecule has 0 radical (unpaired) electrons. The second kappa shape index (κ2) is 7.20. The second-order valence-electron chi connectivity index (χ2n) is 5.07. The monoisotopic (exact) mass is 340 g/mol. The third-order valence-corrected chi connectivity index (χ3v) is 4.16. The number of hydrogen-bond donors (Lipinski definition) is 1. The average molecular weight is 341 g/mol. The molecular formula is C15H21BrN2O2. The topological polar surface area (TPSA) is 55.6 Å². The minimum absolute atomic E-state index is 0.200. The predicted octanol–water partition coefficient (Wildman–Crippen LogP) is 2.48. The Kier molecular flexibility index (Phi) is 5.57.